The van der Waals surface area contributed by atoms with E-state index in [1.807, 2.05) is 0 Å². The molecule has 0 aromatic heterocycles. The van der Waals surface area contributed by atoms with Gasteiger partial charge in [-0.15, -0.1) is 0 Å². The van der Waals surface area contributed by atoms with Crippen LogP contribution >= 0.6 is 0 Å². The second-order valence-corrected chi connectivity index (χ2v) is 6.91. The molecule has 3 fully saturated rings. The number of morpholine rings is 1. The van der Waals surface area contributed by atoms with Crippen LogP contribution in [0.25, 0.3) is 0 Å². The molecule has 1 saturated carbocycles. The molecule has 0 unspecified atom stereocenters. The van der Waals surface area contributed by atoms with Gasteiger partial charge in [-0.2, -0.15) is 5.01 Å². The zero-order valence-corrected chi connectivity index (χ0v) is 13.5. The Morgan fingerprint density at radius 2 is 2.00 bits per heavy atom. The summed E-state index contributed by atoms with van der Waals surface area (Å²) in [7, 11) is 0. The van der Waals surface area contributed by atoms with Crippen molar-refractivity contribution >= 4 is 17.8 Å². The quantitative estimate of drug-likeness (QED) is 0.547. The third-order valence-electron chi connectivity index (χ3n) is 5.14. The van der Waals surface area contributed by atoms with Gasteiger partial charge in [-0.1, -0.05) is 6.92 Å². The lowest BCUT2D eigenvalue weighted by Crippen LogP contribution is -3.15. The van der Waals surface area contributed by atoms with E-state index in [0.717, 1.165) is 35.8 Å². The molecular formula is C15H25N4O4+. The van der Waals surface area contributed by atoms with E-state index in [1.165, 1.54) is 0 Å². The van der Waals surface area contributed by atoms with Crippen LogP contribution in [0.3, 0.4) is 0 Å². The van der Waals surface area contributed by atoms with E-state index < -0.39 is 11.6 Å². The van der Waals surface area contributed by atoms with Crippen molar-refractivity contribution in [3.05, 3.63) is 0 Å². The van der Waals surface area contributed by atoms with Gasteiger partial charge in [0.05, 0.1) is 13.2 Å². The Morgan fingerprint density at radius 1 is 1.35 bits per heavy atom. The van der Waals surface area contributed by atoms with Crippen molar-refractivity contribution in [1.82, 2.24) is 15.8 Å². The van der Waals surface area contributed by atoms with Crippen molar-refractivity contribution in [1.29, 1.82) is 0 Å². The van der Waals surface area contributed by atoms with Crippen molar-refractivity contribution in [3.8, 4) is 0 Å². The van der Waals surface area contributed by atoms with Gasteiger partial charge in [-0.3, -0.25) is 15.0 Å². The number of carbonyl (C=O) groups excluding carboxylic acids is 3. The van der Waals surface area contributed by atoms with Gasteiger partial charge >= 0.3 is 6.03 Å². The maximum Gasteiger partial charge on any atom is 0.344 e. The van der Waals surface area contributed by atoms with Crippen molar-refractivity contribution in [2.75, 3.05) is 32.8 Å². The molecule has 0 aromatic rings. The summed E-state index contributed by atoms with van der Waals surface area (Å²) in [6, 6.07) is -0.519. The Hall–Kier alpha value is -1.67. The molecule has 1 spiro atoms. The first-order chi connectivity index (χ1) is 11.0. The first-order valence-electron chi connectivity index (χ1n) is 8.38. The summed E-state index contributed by atoms with van der Waals surface area (Å²) in [5.41, 5.74) is 1.66. The Morgan fingerprint density at radius 3 is 2.65 bits per heavy atom. The number of imide groups is 1. The largest absolute Gasteiger partial charge is 0.370 e. The number of amides is 4. The van der Waals surface area contributed by atoms with Crippen LogP contribution in [0.5, 0.6) is 0 Å². The van der Waals surface area contributed by atoms with Gasteiger partial charge in [0.2, 0.25) is 0 Å². The number of nitrogens with one attached hydrogen (secondary N) is 3. The van der Waals surface area contributed by atoms with Crippen molar-refractivity contribution < 1.29 is 24.0 Å². The van der Waals surface area contributed by atoms with Crippen LogP contribution < -0.4 is 15.6 Å². The molecule has 8 heteroatoms. The standard InChI is InChI=1S/C15H24N4O4/c1-11-2-4-15(5-3-11)13(21)19(14(22)16-15)17-12(20)10-18-6-8-23-9-7-18/h11H,2-10H2,1H3,(H,16,22)(H,17,20)/p+1. The van der Waals surface area contributed by atoms with Crippen LogP contribution in [0.4, 0.5) is 4.79 Å². The number of hydrazine groups is 1. The predicted molar refractivity (Wildman–Crippen MR) is 80.3 cm³/mol. The molecule has 0 radical (unpaired) electrons. The minimum atomic E-state index is -0.817. The molecule has 2 aliphatic heterocycles. The van der Waals surface area contributed by atoms with E-state index in [9.17, 15) is 14.4 Å². The predicted octanol–water partition coefficient (Wildman–Crippen LogP) is -1.57. The maximum absolute atomic E-state index is 12.6. The molecule has 128 valence electrons. The lowest BCUT2D eigenvalue weighted by molar-refractivity contribution is -0.900. The first-order valence-corrected chi connectivity index (χ1v) is 8.38. The number of urea groups is 1. The minimum Gasteiger partial charge on any atom is -0.370 e. The van der Waals surface area contributed by atoms with Gasteiger partial charge in [-0.25, -0.2) is 4.79 Å². The molecule has 0 atom stereocenters. The Bertz CT molecular complexity index is 496. The molecule has 3 aliphatic rings. The van der Waals surface area contributed by atoms with E-state index >= 15 is 0 Å². The lowest BCUT2D eigenvalue weighted by Gasteiger charge is -2.33. The molecule has 3 rings (SSSR count). The summed E-state index contributed by atoms with van der Waals surface area (Å²) in [5, 5.41) is 3.67. The van der Waals surface area contributed by atoms with Gasteiger partial charge in [0.15, 0.2) is 6.54 Å². The number of rotatable bonds is 3. The fourth-order valence-electron chi connectivity index (χ4n) is 3.54. The summed E-state index contributed by atoms with van der Waals surface area (Å²) in [6.45, 7) is 5.17. The molecule has 0 aromatic carbocycles. The number of nitrogens with zero attached hydrogens (tertiary/aromatic N) is 1. The average molecular weight is 325 g/mol. The topological polar surface area (TPSA) is 92.2 Å². The number of quaternary nitrogens is 1. The van der Waals surface area contributed by atoms with E-state index in [0.29, 0.717) is 32.0 Å². The summed E-state index contributed by atoms with van der Waals surface area (Å²) in [4.78, 5) is 38.0. The van der Waals surface area contributed by atoms with E-state index in [2.05, 4.69) is 17.7 Å². The highest BCUT2D eigenvalue weighted by atomic mass is 16.5. The van der Waals surface area contributed by atoms with Gasteiger partial charge in [-0.05, 0) is 31.6 Å². The van der Waals surface area contributed by atoms with Gasteiger partial charge < -0.3 is 15.0 Å². The molecule has 8 nitrogen and oxygen atoms in total. The van der Waals surface area contributed by atoms with Crippen molar-refractivity contribution in [2.45, 2.75) is 38.1 Å². The lowest BCUT2D eigenvalue weighted by atomic mass is 9.77. The number of carbonyl (C=O) groups is 3. The monoisotopic (exact) mass is 325 g/mol. The highest BCUT2D eigenvalue weighted by molar-refractivity contribution is 6.08. The molecule has 4 amide bonds. The molecule has 3 N–H and O–H groups in total. The molecule has 2 saturated heterocycles. The third-order valence-corrected chi connectivity index (χ3v) is 5.14. The number of hydrogen-bond acceptors (Lipinski definition) is 4. The fourth-order valence-corrected chi connectivity index (χ4v) is 3.54. The molecule has 1 aliphatic carbocycles. The van der Waals surface area contributed by atoms with Crippen molar-refractivity contribution in [2.24, 2.45) is 5.92 Å². The molecule has 0 bridgehead atoms. The second kappa shape index (κ2) is 6.45. The maximum atomic E-state index is 12.6. The van der Waals surface area contributed by atoms with E-state index in [1.54, 1.807) is 0 Å². The Kier molecular flexibility index (Phi) is 4.54. The fraction of sp³-hybridized carbons (Fsp3) is 0.800. The Balaban J connectivity index is 1.58. The van der Waals surface area contributed by atoms with Crippen LogP contribution in [-0.4, -0.2) is 61.2 Å². The van der Waals surface area contributed by atoms with Gasteiger partial charge in [0.1, 0.15) is 18.6 Å². The summed E-state index contributed by atoms with van der Waals surface area (Å²) in [6.07, 6.45) is 3.09. The van der Waals surface area contributed by atoms with Crippen LogP contribution in [0.1, 0.15) is 32.6 Å². The smallest absolute Gasteiger partial charge is 0.344 e. The van der Waals surface area contributed by atoms with Gasteiger partial charge in [0.25, 0.3) is 11.8 Å². The normalized spacial score (nSPS) is 32.2. The molecule has 2 heterocycles. The van der Waals surface area contributed by atoms with Crippen molar-refractivity contribution in [3.63, 3.8) is 0 Å². The summed E-state index contributed by atoms with van der Waals surface area (Å²) >= 11 is 0. The average Bonchev–Trinajstić information content (AvgIpc) is 2.76. The zero-order valence-electron chi connectivity index (χ0n) is 13.5. The highest BCUT2D eigenvalue weighted by Gasteiger charge is 2.53. The minimum absolute atomic E-state index is 0.241. The van der Waals surface area contributed by atoms with E-state index in [-0.39, 0.29) is 18.4 Å². The Labute approximate surface area is 135 Å². The van der Waals surface area contributed by atoms with Crippen LogP contribution in [-0.2, 0) is 14.3 Å². The van der Waals surface area contributed by atoms with Gasteiger partial charge in [0, 0.05) is 0 Å². The van der Waals surface area contributed by atoms with Crippen LogP contribution in [0, 0.1) is 5.92 Å². The SMILES string of the molecule is CC1CCC2(CC1)NC(=O)N(NC(=O)C[NH+]1CCOCC1)C2=O. The van der Waals surface area contributed by atoms with E-state index in [4.69, 9.17) is 4.74 Å². The van der Waals surface area contributed by atoms with Crippen LogP contribution in [0.2, 0.25) is 0 Å². The highest BCUT2D eigenvalue weighted by Crippen LogP contribution is 2.35. The first kappa shape index (κ1) is 16.2. The summed E-state index contributed by atoms with van der Waals surface area (Å²) < 4.78 is 5.25. The molecule has 23 heavy (non-hydrogen) atoms. The number of ether oxygens (including phenoxy) is 1. The van der Waals surface area contributed by atoms with Crippen LogP contribution in [0.15, 0.2) is 0 Å². The number of hydrogen-bond donors (Lipinski definition) is 3. The third kappa shape index (κ3) is 3.32. The zero-order chi connectivity index (χ0) is 16.4. The second-order valence-electron chi connectivity index (χ2n) is 6.91. The molecular weight excluding hydrogens is 300 g/mol. The summed E-state index contributed by atoms with van der Waals surface area (Å²) in [5.74, 6) is -0.0646.